The van der Waals surface area contributed by atoms with Gasteiger partial charge in [0.05, 0.1) is 0 Å². The molecule has 144 valence electrons. The zero-order chi connectivity index (χ0) is 18.7. The van der Waals surface area contributed by atoms with Gasteiger partial charge < -0.3 is 9.84 Å². The fourth-order valence-corrected chi connectivity index (χ4v) is 7.81. The molecule has 0 bridgehead atoms. The van der Waals surface area contributed by atoms with Crippen LogP contribution in [-0.2, 0) is 9.53 Å². The number of ether oxygens (including phenoxy) is 1. The van der Waals surface area contributed by atoms with Gasteiger partial charge in [0.1, 0.15) is 11.7 Å². The second-order valence-electron chi connectivity index (χ2n) is 10.2. The second kappa shape index (κ2) is 5.99. The predicted octanol–water partition coefficient (Wildman–Crippen LogP) is 4.33. The van der Waals surface area contributed by atoms with Gasteiger partial charge in [0.2, 0.25) is 0 Å². The molecule has 0 unspecified atom stereocenters. The molecule has 0 radical (unpaired) electrons. The molecular weight excluding hydrogens is 324 g/mol. The lowest BCUT2D eigenvalue weighted by molar-refractivity contribution is -0.163. The summed E-state index contributed by atoms with van der Waals surface area (Å²) in [6, 6.07) is 0. The maximum absolute atomic E-state index is 11.4. The molecule has 0 heterocycles. The van der Waals surface area contributed by atoms with Gasteiger partial charge in [0.15, 0.2) is 0 Å². The van der Waals surface area contributed by atoms with Crippen LogP contribution in [0.25, 0.3) is 0 Å². The van der Waals surface area contributed by atoms with Gasteiger partial charge in [-0.3, -0.25) is 4.79 Å². The molecule has 0 aromatic rings. The Kier molecular flexibility index (Phi) is 4.23. The summed E-state index contributed by atoms with van der Waals surface area (Å²) in [7, 11) is 0. The maximum atomic E-state index is 11.4. The van der Waals surface area contributed by atoms with Gasteiger partial charge in [-0.2, -0.15) is 0 Å². The van der Waals surface area contributed by atoms with Crippen LogP contribution in [0.3, 0.4) is 0 Å². The molecule has 26 heavy (non-hydrogen) atoms. The number of hydrogen-bond donors (Lipinski definition) is 1. The number of esters is 1. The molecule has 4 aliphatic carbocycles. The van der Waals surface area contributed by atoms with Gasteiger partial charge in [-0.1, -0.05) is 19.8 Å². The van der Waals surface area contributed by atoms with Gasteiger partial charge in [-0.05, 0) is 86.9 Å². The number of carbonyl (C=O) groups excluding carboxylic acids is 1. The van der Waals surface area contributed by atoms with Gasteiger partial charge in [0.25, 0.3) is 0 Å². The molecule has 0 amide bonds. The molecule has 4 aliphatic rings. The van der Waals surface area contributed by atoms with Crippen molar-refractivity contribution in [3.05, 3.63) is 0 Å². The van der Waals surface area contributed by atoms with Gasteiger partial charge in [-0.25, -0.2) is 0 Å². The van der Waals surface area contributed by atoms with Crippen molar-refractivity contribution in [3.8, 4) is 12.3 Å². The summed E-state index contributed by atoms with van der Waals surface area (Å²) in [5, 5.41) is 11.1. The van der Waals surface area contributed by atoms with Crippen molar-refractivity contribution in [2.45, 2.75) is 90.3 Å². The largest absolute Gasteiger partial charge is 0.463 e. The Morgan fingerprint density at radius 2 is 1.81 bits per heavy atom. The van der Waals surface area contributed by atoms with Crippen molar-refractivity contribution in [3.63, 3.8) is 0 Å². The minimum absolute atomic E-state index is 0.110. The minimum Gasteiger partial charge on any atom is -0.463 e. The Bertz CT molecular complexity index is 636. The molecule has 0 aromatic carbocycles. The molecular formula is C23H34O3. The molecule has 3 heteroatoms. The van der Waals surface area contributed by atoms with Gasteiger partial charge in [-0.15, -0.1) is 6.42 Å². The molecule has 1 N–H and O–H groups in total. The third-order valence-corrected chi connectivity index (χ3v) is 9.34. The molecule has 0 spiro atoms. The monoisotopic (exact) mass is 358 g/mol. The van der Waals surface area contributed by atoms with Crippen LogP contribution >= 0.6 is 0 Å². The van der Waals surface area contributed by atoms with E-state index in [4.69, 9.17) is 11.2 Å². The van der Waals surface area contributed by atoms with E-state index in [9.17, 15) is 9.90 Å². The van der Waals surface area contributed by atoms with Crippen molar-refractivity contribution in [1.29, 1.82) is 0 Å². The van der Waals surface area contributed by atoms with E-state index >= 15 is 0 Å². The van der Waals surface area contributed by atoms with E-state index in [0.29, 0.717) is 23.2 Å². The fourth-order valence-electron chi connectivity index (χ4n) is 7.81. The number of fused-ring (bicyclic) bond motifs is 5. The Balaban J connectivity index is 1.56. The summed E-state index contributed by atoms with van der Waals surface area (Å²) in [5.41, 5.74) is -0.661. The molecule has 8 atom stereocenters. The van der Waals surface area contributed by atoms with Crippen LogP contribution in [0.15, 0.2) is 0 Å². The number of hydrogen-bond acceptors (Lipinski definition) is 3. The Morgan fingerprint density at radius 3 is 2.50 bits per heavy atom. The van der Waals surface area contributed by atoms with Crippen LogP contribution in [0.4, 0.5) is 0 Å². The molecule has 4 saturated carbocycles. The SMILES string of the molecule is C#C[C@@]1(O)CC[C@@H]2[C@@H]3CC[C@@H]4C[C@@H](OC(C)=O)CC[C@]4(C)[C@H]3CC[C@]21C. The van der Waals surface area contributed by atoms with Crippen LogP contribution in [0.5, 0.6) is 0 Å². The van der Waals surface area contributed by atoms with E-state index in [1.165, 1.54) is 32.6 Å². The highest BCUT2D eigenvalue weighted by Gasteiger charge is 2.64. The first-order chi connectivity index (χ1) is 12.2. The van der Waals surface area contributed by atoms with Crippen LogP contribution < -0.4 is 0 Å². The average molecular weight is 359 g/mol. The van der Waals surface area contributed by atoms with Crippen LogP contribution in [0.2, 0.25) is 0 Å². The first kappa shape index (κ1) is 18.4. The van der Waals surface area contributed by atoms with E-state index < -0.39 is 5.60 Å². The number of carbonyl (C=O) groups is 1. The molecule has 3 nitrogen and oxygen atoms in total. The first-order valence-electron chi connectivity index (χ1n) is 10.6. The normalized spacial score (nSPS) is 53.0. The fraction of sp³-hybridized carbons (Fsp3) is 0.870. The van der Waals surface area contributed by atoms with E-state index in [0.717, 1.165) is 38.0 Å². The zero-order valence-corrected chi connectivity index (χ0v) is 16.6. The van der Waals surface area contributed by atoms with Crippen LogP contribution in [0.1, 0.15) is 78.6 Å². The molecule has 0 aromatic heterocycles. The second-order valence-corrected chi connectivity index (χ2v) is 10.2. The Morgan fingerprint density at radius 1 is 1.08 bits per heavy atom. The highest BCUT2D eigenvalue weighted by atomic mass is 16.5. The highest BCUT2D eigenvalue weighted by molar-refractivity contribution is 5.66. The Labute approximate surface area is 158 Å². The minimum atomic E-state index is -0.909. The van der Waals surface area contributed by atoms with E-state index in [2.05, 4.69) is 19.8 Å². The molecule has 0 aliphatic heterocycles. The van der Waals surface area contributed by atoms with E-state index in [1.54, 1.807) is 0 Å². The molecule has 4 rings (SSSR count). The number of terminal acetylenes is 1. The summed E-state index contributed by atoms with van der Waals surface area (Å²) in [6.07, 6.45) is 15.7. The highest BCUT2D eigenvalue weighted by Crippen LogP contribution is 2.68. The lowest BCUT2D eigenvalue weighted by Crippen LogP contribution is -2.56. The smallest absolute Gasteiger partial charge is 0.302 e. The van der Waals surface area contributed by atoms with Crippen molar-refractivity contribution < 1.29 is 14.6 Å². The third-order valence-electron chi connectivity index (χ3n) is 9.34. The average Bonchev–Trinajstić information content (AvgIpc) is 2.87. The third kappa shape index (κ3) is 2.40. The molecule has 0 saturated heterocycles. The maximum Gasteiger partial charge on any atom is 0.302 e. The van der Waals surface area contributed by atoms with E-state index in [1.807, 2.05) is 0 Å². The lowest BCUT2D eigenvalue weighted by Gasteiger charge is -2.61. The Hall–Kier alpha value is -1.01. The standard InChI is InChI=1S/C23H34O3/c1-5-23(25)13-10-20-18-7-6-16-14-17(26-15(2)24)8-11-21(16,3)19(18)9-12-22(20,23)4/h1,16-20,25H,6-14H2,2-4H3/t16-,17+,18-,19+,20-,21+,22-,23-/m1/s1. The molecule has 4 fully saturated rings. The van der Waals surface area contributed by atoms with E-state index in [-0.39, 0.29) is 17.5 Å². The summed E-state index contributed by atoms with van der Waals surface area (Å²) in [4.78, 5) is 11.4. The summed E-state index contributed by atoms with van der Waals surface area (Å²) in [5.74, 6) is 5.29. The van der Waals surface area contributed by atoms with Crippen molar-refractivity contribution in [1.82, 2.24) is 0 Å². The zero-order valence-electron chi connectivity index (χ0n) is 16.6. The van der Waals surface area contributed by atoms with Gasteiger partial charge in [0, 0.05) is 12.3 Å². The number of rotatable bonds is 1. The lowest BCUT2D eigenvalue weighted by atomic mass is 9.44. The quantitative estimate of drug-likeness (QED) is 0.561. The summed E-state index contributed by atoms with van der Waals surface area (Å²) in [6.45, 7) is 6.29. The first-order valence-corrected chi connectivity index (χ1v) is 10.6. The predicted molar refractivity (Wildman–Crippen MR) is 101 cm³/mol. The topological polar surface area (TPSA) is 46.5 Å². The van der Waals surface area contributed by atoms with Crippen LogP contribution in [0, 0.1) is 46.8 Å². The van der Waals surface area contributed by atoms with Crippen molar-refractivity contribution >= 4 is 5.97 Å². The summed E-state index contributed by atoms with van der Waals surface area (Å²) >= 11 is 0. The van der Waals surface area contributed by atoms with Gasteiger partial charge >= 0.3 is 5.97 Å². The van der Waals surface area contributed by atoms with Crippen molar-refractivity contribution in [2.24, 2.45) is 34.5 Å². The van der Waals surface area contributed by atoms with Crippen molar-refractivity contribution in [2.75, 3.05) is 0 Å². The van der Waals surface area contributed by atoms with Crippen LogP contribution in [-0.4, -0.2) is 22.8 Å². The summed E-state index contributed by atoms with van der Waals surface area (Å²) < 4.78 is 5.55. The number of aliphatic hydroxyl groups is 1.